The molecular formula is C20H29NO4. The van der Waals surface area contributed by atoms with E-state index in [2.05, 4.69) is 0 Å². The second-order valence-corrected chi connectivity index (χ2v) is 6.76. The summed E-state index contributed by atoms with van der Waals surface area (Å²) in [4.78, 5) is 26.9. The lowest BCUT2D eigenvalue weighted by Gasteiger charge is -2.33. The molecule has 0 bridgehead atoms. The van der Waals surface area contributed by atoms with Gasteiger partial charge in [-0.05, 0) is 37.1 Å². The molecule has 0 heterocycles. The number of amides is 1. The van der Waals surface area contributed by atoms with Crippen molar-refractivity contribution in [3.8, 4) is 5.75 Å². The quantitative estimate of drug-likeness (QED) is 0.582. The Hall–Kier alpha value is -2.04. The molecule has 1 aliphatic carbocycles. The predicted molar refractivity (Wildman–Crippen MR) is 96.7 cm³/mol. The lowest BCUT2D eigenvalue weighted by molar-refractivity contribution is -0.145. The number of hydrogen-bond acceptors (Lipinski definition) is 4. The summed E-state index contributed by atoms with van der Waals surface area (Å²) in [6.45, 7) is 2.21. The van der Waals surface area contributed by atoms with E-state index in [4.69, 9.17) is 9.47 Å². The maximum absolute atomic E-state index is 13.1. The highest BCUT2D eigenvalue weighted by Crippen LogP contribution is 2.25. The Morgan fingerprint density at radius 2 is 1.68 bits per heavy atom. The minimum atomic E-state index is -0.338. The summed E-state index contributed by atoms with van der Waals surface area (Å²) in [6, 6.07) is 7.34. The largest absolute Gasteiger partial charge is 0.497 e. The van der Waals surface area contributed by atoms with Crippen LogP contribution >= 0.6 is 0 Å². The molecule has 1 amide bonds. The van der Waals surface area contributed by atoms with E-state index in [1.165, 1.54) is 20.0 Å². The number of benzene rings is 1. The zero-order chi connectivity index (χ0) is 18.2. The number of ether oxygens (including phenoxy) is 2. The number of carbonyl (C=O) groups excluding carboxylic acids is 2. The number of methoxy groups -OCH3 is 2. The molecular weight excluding hydrogens is 318 g/mol. The minimum absolute atomic E-state index is 0.0229. The van der Waals surface area contributed by atoms with Gasteiger partial charge in [0.05, 0.1) is 20.1 Å². The van der Waals surface area contributed by atoms with Crippen LogP contribution in [-0.2, 0) is 9.53 Å². The van der Waals surface area contributed by atoms with Gasteiger partial charge in [-0.1, -0.05) is 32.6 Å². The Bertz CT molecular complexity index is 562. The van der Waals surface area contributed by atoms with Gasteiger partial charge >= 0.3 is 5.97 Å². The first kappa shape index (κ1) is 19.3. The topological polar surface area (TPSA) is 55.8 Å². The SMILES string of the molecule is COC(=O)C(C)CN(C(=O)c1ccc(OC)cc1)C1CCCCCC1. The first-order chi connectivity index (χ1) is 12.1. The molecule has 1 unspecified atom stereocenters. The third-order valence-corrected chi connectivity index (χ3v) is 4.94. The van der Waals surface area contributed by atoms with E-state index >= 15 is 0 Å². The van der Waals surface area contributed by atoms with Crippen molar-refractivity contribution in [1.82, 2.24) is 4.90 Å². The highest BCUT2D eigenvalue weighted by atomic mass is 16.5. The van der Waals surface area contributed by atoms with Crippen LogP contribution < -0.4 is 4.74 Å². The van der Waals surface area contributed by atoms with Crippen LogP contribution in [0.4, 0.5) is 0 Å². The monoisotopic (exact) mass is 347 g/mol. The lowest BCUT2D eigenvalue weighted by Crippen LogP contribution is -2.44. The summed E-state index contributed by atoms with van der Waals surface area (Å²) in [5.74, 6) is 0.0856. The Morgan fingerprint density at radius 3 is 2.20 bits per heavy atom. The van der Waals surface area contributed by atoms with Crippen LogP contribution in [-0.4, -0.2) is 43.6 Å². The van der Waals surface area contributed by atoms with Crippen molar-refractivity contribution in [3.63, 3.8) is 0 Å². The molecule has 2 rings (SSSR count). The number of esters is 1. The van der Waals surface area contributed by atoms with E-state index in [0.29, 0.717) is 12.1 Å². The van der Waals surface area contributed by atoms with E-state index in [9.17, 15) is 9.59 Å². The van der Waals surface area contributed by atoms with Crippen molar-refractivity contribution in [3.05, 3.63) is 29.8 Å². The second kappa shape index (κ2) is 9.44. The van der Waals surface area contributed by atoms with Crippen LogP contribution in [0.15, 0.2) is 24.3 Å². The summed E-state index contributed by atoms with van der Waals surface area (Å²) >= 11 is 0. The molecule has 0 N–H and O–H groups in total. The zero-order valence-corrected chi connectivity index (χ0v) is 15.5. The fourth-order valence-electron chi connectivity index (χ4n) is 3.44. The van der Waals surface area contributed by atoms with Gasteiger partial charge < -0.3 is 14.4 Å². The van der Waals surface area contributed by atoms with Gasteiger partial charge in [0.15, 0.2) is 0 Å². The molecule has 0 spiro atoms. The third kappa shape index (κ3) is 5.21. The van der Waals surface area contributed by atoms with Crippen molar-refractivity contribution < 1.29 is 19.1 Å². The third-order valence-electron chi connectivity index (χ3n) is 4.94. The second-order valence-electron chi connectivity index (χ2n) is 6.76. The van der Waals surface area contributed by atoms with Crippen molar-refractivity contribution >= 4 is 11.9 Å². The Kier molecular flexibility index (Phi) is 7.29. The molecule has 1 fully saturated rings. The highest BCUT2D eigenvalue weighted by Gasteiger charge is 2.29. The molecule has 5 heteroatoms. The van der Waals surface area contributed by atoms with Crippen molar-refractivity contribution in [1.29, 1.82) is 0 Å². The van der Waals surface area contributed by atoms with E-state index in [1.54, 1.807) is 31.4 Å². The number of nitrogens with zero attached hydrogens (tertiary/aromatic N) is 1. The summed E-state index contributed by atoms with van der Waals surface area (Å²) in [7, 11) is 2.99. The van der Waals surface area contributed by atoms with E-state index in [-0.39, 0.29) is 23.8 Å². The van der Waals surface area contributed by atoms with Crippen molar-refractivity contribution in [2.24, 2.45) is 5.92 Å². The smallest absolute Gasteiger partial charge is 0.310 e. The van der Waals surface area contributed by atoms with Gasteiger partial charge in [0.2, 0.25) is 0 Å². The van der Waals surface area contributed by atoms with Crippen LogP contribution in [0.1, 0.15) is 55.8 Å². The normalized spacial score (nSPS) is 16.6. The van der Waals surface area contributed by atoms with Crippen LogP contribution in [0.5, 0.6) is 5.75 Å². The highest BCUT2D eigenvalue weighted by molar-refractivity contribution is 5.94. The zero-order valence-electron chi connectivity index (χ0n) is 15.5. The average Bonchev–Trinajstić information content (AvgIpc) is 2.94. The number of carbonyl (C=O) groups is 2. The first-order valence-corrected chi connectivity index (χ1v) is 9.09. The molecule has 1 aromatic rings. The van der Waals surface area contributed by atoms with Gasteiger partial charge in [-0.25, -0.2) is 0 Å². The number of rotatable bonds is 6. The summed E-state index contributed by atoms with van der Waals surface area (Å²) in [5.41, 5.74) is 0.627. The first-order valence-electron chi connectivity index (χ1n) is 9.09. The average molecular weight is 347 g/mol. The van der Waals surface area contributed by atoms with Crippen LogP contribution in [0.25, 0.3) is 0 Å². The lowest BCUT2D eigenvalue weighted by atomic mass is 10.0. The summed E-state index contributed by atoms with van der Waals surface area (Å²) in [5, 5.41) is 0. The summed E-state index contributed by atoms with van der Waals surface area (Å²) in [6.07, 6.45) is 6.68. The Labute approximate surface area is 150 Å². The standard InChI is InChI=1S/C20H29NO4/c1-15(20(23)25-3)14-21(17-8-6-4-5-7-9-17)19(22)16-10-12-18(24-2)13-11-16/h10-13,15,17H,4-9,14H2,1-3H3. The molecule has 1 aliphatic rings. The van der Waals surface area contributed by atoms with Crippen molar-refractivity contribution in [2.75, 3.05) is 20.8 Å². The molecule has 1 saturated carbocycles. The van der Waals surface area contributed by atoms with Gasteiger partial charge in [-0.15, -0.1) is 0 Å². The maximum atomic E-state index is 13.1. The summed E-state index contributed by atoms with van der Waals surface area (Å²) < 4.78 is 10.0. The predicted octanol–water partition coefficient (Wildman–Crippen LogP) is 3.67. The van der Waals surface area contributed by atoms with Crippen LogP contribution in [0, 0.1) is 5.92 Å². The number of hydrogen-bond donors (Lipinski definition) is 0. The maximum Gasteiger partial charge on any atom is 0.310 e. The molecule has 0 radical (unpaired) electrons. The van der Waals surface area contributed by atoms with Gasteiger partial charge in [-0.2, -0.15) is 0 Å². The van der Waals surface area contributed by atoms with Crippen LogP contribution in [0.2, 0.25) is 0 Å². The molecule has 0 saturated heterocycles. The Morgan fingerprint density at radius 1 is 1.08 bits per heavy atom. The fourth-order valence-corrected chi connectivity index (χ4v) is 3.44. The van der Waals surface area contributed by atoms with E-state index in [1.807, 2.05) is 11.8 Å². The molecule has 0 aromatic heterocycles. The van der Waals surface area contributed by atoms with Crippen LogP contribution in [0.3, 0.4) is 0 Å². The molecule has 1 atom stereocenters. The van der Waals surface area contributed by atoms with Gasteiger partial charge in [0, 0.05) is 18.2 Å². The molecule has 138 valence electrons. The van der Waals surface area contributed by atoms with E-state index in [0.717, 1.165) is 31.4 Å². The molecule has 1 aromatic carbocycles. The van der Waals surface area contributed by atoms with Gasteiger partial charge in [-0.3, -0.25) is 9.59 Å². The molecule has 0 aliphatic heterocycles. The van der Waals surface area contributed by atoms with Crippen molar-refractivity contribution in [2.45, 2.75) is 51.5 Å². The molecule has 25 heavy (non-hydrogen) atoms. The van der Waals surface area contributed by atoms with E-state index < -0.39 is 0 Å². The minimum Gasteiger partial charge on any atom is -0.497 e. The van der Waals surface area contributed by atoms with Gasteiger partial charge in [0.25, 0.3) is 5.91 Å². The fraction of sp³-hybridized carbons (Fsp3) is 0.600. The molecule has 5 nitrogen and oxygen atoms in total. The van der Waals surface area contributed by atoms with Gasteiger partial charge in [0.1, 0.15) is 5.75 Å². The Balaban J connectivity index is 2.21.